The number of nitrogens with one attached hydrogen (secondary N) is 1. The van der Waals surface area contributed by atoms with Crippen molar-refractivity contribution in [2.75, 3.05) is 0 Å². The maximum atomic E-state index is 4.32. The number of hydrogen-bond donors (Lipinski definition) is 1. The Kier molecular flexibility index (Phi) is 2.22. The lowest BCUT2D eigenvalue weighted by Crippen LogP contribution is -1.99. The molecule has 1 N–H and O–H groups in total. The van der Waals surface area contributed by atoms with E-state index >= 15 is 0 Å². The minimum absolute atomic E-state index is 0.533. The van der Waals surface area contributed by atoms with E-state index in [0.717, 1.165) is 6.42 Å². The van der Waals surface area contributed by atoms with Crippen LogP contribution in [0.5, 0.6) is 0 Å². The van der Waals surface area contributed by atoms with Gasteiger partial charge in [0.2, 0.25) is 0 Å². The van der Waals surface area contributed by atoms with Crippen LogP contribution >= 0.6 is 15.9 Å². The van der Waals surface area contributed by atoms with E-state index in [4.69, 9.17) is 0 Å². The van der Waals surface area contributed by atoms with E-state index in [1.54, 1.807) is 0 Å². The zero-order valence-electron chi connectivity index (χ0n) is 7.23. The predicted octanol–water partition coefficient (Wildman–Crippen LogP) is 2.22. The quantitative estimate of drug-likeness (QED) is 0.774. The standard InChI is InChI=1S/C9H13BrN2/c1-6(10)5-9-7-3-2-4-8(7)11-12-9/h6H,2-5H2,1H3,(H,11,12). The Hall–Kier alpha value is -0.310. The maximum absolute atomic E-state index is 4.32. The number of nitrogens with zero attached hydrogens (tertiary/aromatic N) is 1. The van der Waals surface area contributed by atoms with Crippen LogP contribution in [0.1, 0.15) is 30.3 Å². The molecule has 0 aliphatic heterocycles. The average Bonchev–Trinajstić information content (AvgIpc) is 2.52. The van der Waals surface area contributed by atoms with Crippen LogP contribution in [0.3, 0.4) is 0 Å². The van der Waals surface area contributed by atoms with E-state index in [2.05, 4.69) is 33.1 Å². The zero-order chi connectivity index (χ0) is 8.55. The molecule has 2 nitrogen and oxygen atoms in total. The van der Waals surface area contributed by atoms with Crippen LogP contribution in [0, 0.1) is 0 Å². The fraction of sp³-hybridized carbons (Fsp3) is 0.667. The highest BCUT2D eigenvalue weighted by molar-refractivity contribution is 9.09. The Bertz CT molecular complexity index is 278. The summed E-state index contributed by atoms with van der Waals surface area (Å²) >= 11 is 3.55. The predicted molar refractivity (Wildman–Crippen MR) is 52.7 cm³/mol. The van der Waals surface area contributed by atoms with Crippen LogP contribution in [-0.4, -0.2) is 15.0 Å². The van der Waals surface area contributed by atoms with Crippen molar-refractivity contribution >= 4 is 15.9 Å². The van der Waals surface area contributed by atoms with Crippen LogP contribution in [0.25, 0.3) is 0 Å². The molecular weight excluding hydrogens is 216 g/mol. The van der Waals surface area contributed by atoms with Gasteiger partial charge in [0, 0.05) is 16.9 Å². The monoisotopic (exact) mass is 228 g/mol. The first-order valence-electron chi connectivity index (χ1n) is 4.46. The van der Waals surface area contributed by atoms with Gasteiger partial charge >= 0.3 is 0 Å². The summed E-state index contributed by atoms with van der Waals surface area (Å²) in [4.78, 5) is 0.533. The number of hydrogen-bond acceptors (Lipinski definition) is 1. The van der Waals surface area contributed by atoms with Gasteiger partial charge in [-0.15, -0.1) is 0 Å². The molecule has 0 fully saturated rings. The van der Waals surface area contributed by atoms with Crippen molar-refractivity contribution in [3.8, 4) is 0 Å². The number of H-pyrrole nitrogens is 1. The van der Waals surface area contributed by atoms with Crippen molar-refractivity contribution in [1.82, 2.24) is 10.2 Å². The fourth-order valence-electron chi connectivity index (χ4n) is 1.82. The van der Waals surface area contributed by atoms with Crippen molar-refractivity contribution < 1.29 is 0 Å². The number of aryl methyl sites for hydroxylation is 1. The SMILES string of the molecule is CC(Br)Cc1n[nH]c2c1CCC2. The number of fused-ring (bicyclic) bond motifs is 1. The van der Waals surface area contributed by atoms with Gasteiger partial charge < -0.3 is 0 Å². The molecule has 1 aliphatic rings. The van der Waals surface area contributed by atoms with Gasteiger partial charge in [0.25, 0.3) is 0 Å². The summed E-state index contributed by atoms with van der Waals surface area (Å²) in [7, 11) is 0. The Balaban J connectivity index is 2.22. The molecule has 66 valence electrons. The third kappa shape index (κ3) is 1.42. The smallest absolute Gasteiger partial charge is 0.0667 e. The molecule has 0 saturated carbocycles. The first kappa shape index (κ1) is 8.30. The molecule has 0 radical (unpaired) electrons. The normalized spacial score (nSPS) is 17.8. The summed E-state index contributed by atoms with van der Waals surface area (Å²) in [5, 5.41) is 7.44. The summed E-state index contributed by atoms with van der Waals surface area (Å²) in [6.45, 7) is 2.16. The highest BCUT2D eigenvalue weighted by atomic mass is 79.9. The summed E-state index contributed by atoms with van der Waals surface area (Å²) in [5.41, 5.74) is 4.13. The van der Waals surface area contributed by atoms with Gasteiger partial charge in [-0.3, -0.25) is 5.10 Å². The second kappa shape index (κ2) is 3.21. The molecule has 1 heterocycles. The van der Waals surface area contributed by atoms with Gasteiger partial charge in [0.1, 0.15) is 0 Å². The van der Waals surface area contributed by atoms with E-state index in [9.17, 15) is 0 Å². The molecule has 0 saturated heterocycles. The molecule has 1 unspecified atom stereocenters. The summed E-state index contributed by atoms with van der Waals surface area (Å²) in [5.74, 6) is 0. The molecule has 0 spiro atoms. The number of halogens is 1. The van der Waals surface area contributed by atoms with E-state index in [-0.39, 0.29) is 0 Å². The second-order valence-electron chi connectivity index (χ2n) is 3.47. The first-order chi connectivity index (χ1) is 5.77. The van der Waals surface area contributed by atoms with Crippen molar-refractivity contribution in [3.05, 3.63) is 17.0 Å². The third-order valence-corrected chi connectivity index (χ3v) is 2.69. The third-order valence-electron chi connectivity index (χ3n) is 2.37. The van der Waals surface area contributed by atoms with Crippen molar-refractivity contribution in [3.63, 3.8) is 0 Å². The molecule has 0 bridgehead atoms. The maximum Gasteiger partial charge on any atom is 0.0667 e. The van der Waals surface area contributed by atoms with Gasteiger partial charge in [-0.25, -0.2) is 0 Å². The van der Waals surface area contributed by atoms with Crippen molar-refractivity contribution in [1.29, 1.82) is 0 Å². The number of aromatic amines is 1. The van der Waals surface area contributed by atoms with E-state index in [1.807, 2.05) is 0 Å². The fourth-order valence-corrected chi connectivity index (χ4v) is 2.13. The molecule has 0 amide bonds. The molecule has 1 atom stereocenters. The Morgan fingerprint density at radius 2 is 2.42 bits per heavy atom. The number of aromatic nitrogens is 2. The molecule has 1 aromatic rings. The summed E-state index contributed by atoms with van der Waals surface area (Å²) in [6, 6.07) is 0. The molecular formula is C9H13BrN2. The van der Waals surface area contributed by atoms with Gasteiger partial charge in [0.15, 0.2) is 0 Å². The van der Waals surface area contributed by atoms with Crippen LogP contribution in [0.4, 0.5) is 0 Å². The highest BCUT2D eigenvalue weighted by Crippen LogP contribution is 2.24. The Morgan fingerprint density at radius 1 is 1.58 bits per heavy atom. The van der Waals surface area contributed by atoms with Crippen molar-refractivity contribution in [2.45, 2.75) is 37.4 Å². The van der Waals surface area contributed by atoms with E-state index < -0.39 is 0 Å². The molecule has 12 heavy (non-hydrogen) atoms. The molecule has 3 heteroatoms. The molecule has 2 rings (SSSR count). The summed E-state index contributed by atoms with van der Waals surface area (Å²) < 4.78 is 0. The highest BCUT2D eigenvalue weighted by Gasteiger charge is 2.18. The zero-order valence-corrected chi connectivity index (χ0v) is 8.82. The van der Waals surface area contributed by atoms with Crippen LogP contribution in [0.2, 0.25) is 0 Å². The molecule has 1 aromatic heterocycles. The Morgan fingerprint density at radius 3 is 3.17 bits per heavy atom. The number of rotatable bonds is 2. The van der Waals surface area contributed by atoms with Gasteiger partial charge in [-0.05, 0) is 24.8 Å². The second-order valence-corrected chi connectivity index (χ2v) is 5.03. The van der Waals surface area contributed by atoms with Gasteiger partial charge in [0.05, 0.1) is 5.69 Å². The lowest BCUT2D eigenvalue weighted by Gasteiger charge is -2.00. The van der Waals surface area contributed by atoms with Gasteiger partial charge in [-0.1, -0.05) is 22.9 Å². The topological polar surface area (TPSA) is 28.7 Å². The lowest BCUT2D eigenvalue weighted by atomic mass is 10.1. The molecule has 1 aliphatic carbocycles. The lowest BCUT2D eigenvalue weighted by molar-refractivity contribution is 0.820. The van der Waals surface area contributed by atoms with Crippen LogP contribution < -0.4 is 0 Å². The summed E-state index contributed by atoms with van der Waals surface area (Å²) in [6.07, 6.45) is 4.76. The Labute approximate surface area is 80.9 Å². The minimum atomic E-state index is 0.533. The van der Waals surface area contributed by atoms with Crippen molar-refractivity contribution in [2.24, 2.45) is 0 Å². The van der Waals surface area contributed by atoms with E-state index in [1.165, 1.54) is 36.2 Å². The van der Waals surface area contributed by atoms with E-state index in [0.29, 0.717) is 4.83 Å². The van der Waals surface area contributed by atoms with Crippen LogP contribution in [-0.2, 0) is 19.3 Å². The largest absolute Gasteiger partial charge is 0.282 e. The number of alkyl halides is 1. The minimum Gasteiger partial charge on any atom is -0.282 e. The van der Waals surface area contributed by atoms with Gasteiger partial charge in [-0.2, -0.15) is 5.10 Å². The van der Waals surface area contributed by atoms with Crippen LogP contribution in [0.15, 0.2) is 0 Å². The molecule has 0 aromatic carbocycles. The first-order valence-corrected chi connectivity index (χ1v) is 5.38. The average molecular weight is 229 g/mol.